The molecule has 17 heavy (non-hydrogen) atoms. The molecule has 0 unspecified atom stereocenters. The summed E-state index contributed by atoms with van der Waals surface area (Å²) in [7, 11) is 5.09. The van der Waals surface area contributed by atoms with Crippen molar-refractivity contribution in [2.45, 2.75) is 0 Å². The molecule has 0 saturated heterocycles. The third-order valence-corrected chi connectivity index (χ3v) is 2.53. The highest BCUT2D eigenvalue weighted by atomic mass is 16.5. The van der Waals surface area contributed by atoms with Crippen molar-refractivity contribution in [3.05, 3.63) is 24.3 Å². The first-order valence-electron chi connectivity index (χ1n) is 5.24. The number of H-pyrrole nitrogens is 1. The molecule has 0 radical (unpaired) electrons. The summed E-state index contributed by atoms with van der Waals surface area (Å²) in [5, 5.41) is 10.0. The van der Waals surface area contributed by atoms with Crippen molar-refractivity contribution in [2.75, 3.05) is 26.6 Å². The summed E-state index contributed by atoms with van der Waals surface area (Å²) >= 11 is 0. The fourth-order valence-corrected chi connectivity index (χ4v) is 1.61. The lowest BCUT2D eigenvalue weighted by molar-refractivity contribution is 0.395. The Morgan fingerprint density at radius 2 is 2.00 bits per heavy atom. The van der Waals surface area contributed by atoms with Crippen molar-refractivity contribution in [1.82, 2.24) is 10.2 Å². The molecule has 2 N–H and O–H groups in total. The molecule has 5 nitrogen and oxygen atoms in total. The molecular formula is C12H15N3O2. The van der Waals surface area contributed by atoms with Gasteiger partial charge in [-0.05, 0) is 12.1 Å². The molecular weight excluding hydrogens is 218 g/mol. The van der Waals surface area contributed by atoms with Crippen molar-refractivity contribution in [3.63, 3.8) is 0 Å². The maximum Gasteiger partial charge on any atom is 0.148 e. The van der Waals surface area contributed by atoms with Gasteiger partial charge in [0.25, 0.3) is 0 Å². The van der Waals surface area contributed by atoms with Crippen LogP contribution in [-0.2, 0) is 0 Å². The third kappa shape index (κ3) is 2.18. The van der Waals surface area contributed by atoms with Crippen LogP contribution in [0, 0.1) is 0 Å². The molecule has 0 atom stereocenters. The highest BCUT2D eigenvalue weighted by Gasteiger charge is 2.09. The first kappa shape index (κ1) is 11.3. The van der Waals surface area contributed by atoms with E-state index in [4.69, 9.17) is 9.47 Å². The molecule has 0 fully saturated rings. The predicted molar refractivity (Wildman–Crippen MR) is 66.7 cm³/mol. The quantitative estimate of drug-likeness (QED) is 0.849. The lowest BCUT2D eigenvalue weighted by Gasteiger charge is -2.08. The minimum atomic E-state index is 0.746. The first-order valence-corrected chi connectivity index (χ1v) is 5.24. The van der Waals surface area contributed by atoms with Crippen LogP contribution in [0.1, 0.15) is 0 Å². The van der Waals surface area contributed by atoms with Gasteiger partial charge in [0.2, 0.25) is 0 Å². The molecule has 1 aromatic carbocycles. The zero-order chi connectivity index (χ0) is 12.3. The summed E-state index contributed by atoms with van der Waals surface area (Å²) < 4.78 is 10.5. The number of anilines is 1. The van der Waals surface area contributed by atoms with Crippen molar-refractivity contribution in [1.29, 1.82) is 0 Å². The Bertz CT molecular complexity index is 508. The number of ether oxygens (including phenoxy) is 2. The second-order valence-corrected chi connectivity index (χ2v) is 3.48. The van der Waals surface area contributed by atoms with Gasteiger partial charge < -0.3 is 14.8 Å². The molecule has 2 aromatic rings. The fraction of sp³-hybridized carbons (Fsp3) is 0.250. The number of nitrogens with zero attached hydrogens (tertiary/aromatic N) is 1. The van der Waals surface area contributed by atoms with E-state index >= 15 is 0 Å². The standard InChI is InChI=1S/C12H15N3O2/c1-13-12-7-10(14-15-12)9-5-4-8(16-2)6-11(9)17-3/h4-7H,1-3H3,(H2,13,14,15). The first-order chi connectivity index (χ1) is 8.28. The maximum atomic E-state index is 5.34. The van der Waals surface area contributed by atoms with E-state index in [1.807, 2.05) is 31.3 Å². The molecule has 0 aliphatic rings. The summed E-state index contributed by atoms with van der Waals surface area (Å²) in [6, 6.07) is 7.59. The lowest BCUT2D eigenvalue weighted by Crippen LogP contribution is -1.90. The van der Waals surface area contributed by atoms with Crippen LogP contribution in [0.15, 0.2) is 24.3 Å². The van der Waals surface area contributed by atoms with E-state index < -0.39 is 0 Å². The molecule has 0 aliphatic carbocycles. The third-order valence-electron chi connectivity index (χ3n) is 2.53. The van der Waals surface area contributed by atoms with Crippen LogP contribution in [0.4, 0.5) is 5.82 Å². The minimum absolute atomic E-state index is 0.746. The van der Waals surface area contributed by atoms with Crippen molar-refractivity contribution >= 4 is 5.82 Å². The van der Waals surface area contributed by atoms with Gasteiger partial charge in [-0.2, -0.15) is 5.10 Å². The predicted octanol–water partition coefficient (Wildman–Crippen LogP) is 2.14. The molecule has 90 valence electrons. The van der Waals surface area contributed by atoms with Gasteiger partial charge in [-0.1, -0.05) is 0 Å². The summed E-state index contributed by atoms with van der Waals surface area (Å²) in [6.07, 6.45) is 0. The van der Waals surface area contributed by atoms with Gasteiger partial charge in [-0.3, -0.25) is 5.10 Å². The number of aromatic amines is 1. The van der Waals surface area contributed by atoms with Gasteiger partial charge >= 0.3 is 0 Å². The number of hydrogen-bond acceptors (Lipinski definition) is 4. The number of benzene rings is 1. The maximum absolute atomic E-state index is 5.34. The molecule has 1 heterocycles. The van der Waals surface area contributed by atoms with Crippen LogP contribution in [-0.4, -0.2) is 31.5 Å². The molecule has 0 spiro atoms. The molecule has 0 amide bonds. The van der Waals surface area contributed by atoms with Crippen LogP contribution in [0.2, 0.25) is 0 Å². The van der Waals surface area contributed by atoms with E-state index in [9.17, 15) is 0 Å². The zero-order valence-corrected chi connectivity index (χ0v) is 10.1. The summed E-state index contributed by atoms with van der Waals surface area (Å²) in [5.41, 5.74) is 1.84. The van der Waals surface area contributed by atoms with Gasteiger partial charge in [0.15, 0.2) is 0 Å². The minimum Gasteiger partial charge on any atom is -0.497 e. The van der Waals surface area contributed by atoms with Gasteiger partial charge in [0, 0.05) is 24.7 Å². The van der Waals surface area contributed by atoms with Crippen LogP contribution in [0.25, 0.3) is 11.3 Å². The molecule has 0 saturated carbocycles. The normalized spacial score (nSPS) is 10.1. The van der Waals surface area contributed by atoms with E-state index in [1.165, 1.54) is 0 Å². The van der Waals surface area contributed by atoms with Crippen LogP contribution in [0.3, 0.4) is 0 Å². The van der Waals surface area contributed by atoms with E-state index in [0.29, 0.717) is 0 Å². The molecule has 0 bridgehead atoms. The van der Waals surface area contributed by atoms with E-state index in [2.05, 4.69) is 15.5 Å². The summed E-state index contributed by atoms with van der Waals surface area (Å²) in [5.74, 6) is 2.30. The second kappa shape index (κ2) is 4.78. The van der Waals surface area contributed by atoms with E-state index in [0.717, 1.165) is 28.6 Å². The highest BCUT2D eigenvalue weighted by Crippen LogP contribution is 2.32. The van der Waals surface area contributed by atoms with Crippen LogP contribution < -0.4 is 14.8 Å². The molecule has 5 heteroatoms. The number of rotatable bonds is 4. The van der Waals surface area contributed by atoms with Crippen LogP contribution in [0.5, 0.6) is 11.5 Å². The van der Waals surface area contributed by atoms with E-state index in [1.54, 1.807) is 14.2 Å². The van der Waals surface area contributed by atoms with Gasteiger partial charge in [0.05, 0.1) is 19.9 Å². The SMILES string of the molecule is CNc1cc(-c2ccc(OC)cc2OC)[nH]n1. The highest BCUT2D eigenvalue weighted by molar-refractivity contribution is 5.70. The Hall–Kier alpha value is -2.17. The topological polar surface area (TPSA) is 59.2 Å². The molecule has 1 aromatic heterocycles. The number of aromatic nitrogens is 2. The van der Waals surface area contributed by atoms with Gasteiger partial charge in [-0.15, -0.1) is 0 Å². The van der Waals surface area contributed by atoms with Crippen molar-refractivity contribution < 1.29 is 9.47 Å². The Kier molecular flexibility index (Phi) is 3.18. The Balaban J connectivity index is 2.43. The van der Waals surface area contributed by atoms with E-state index in [-0.39, 0.29) is 0 Å². The summed E-state index contributed by atoms with van der Waals surface area (Å²) in [6.45, 7) is 0. The Morgan fingerprint density at radius 3 is 2.59 bits per heavy atom. The zero-order valence-electron chi connectivity index (χ0n) is 10.1. The van der Waals surface area contributed by atoms with Crippen molar-refractivity contribution in [3.8, 4) is 22.8 Å². The average molecular weight is 233 g/mol. The lowest BCUT2D eigenvalue weighted by atomic mass is 10.1. The monoisotopic (exact) mass is 233 g/mol. The molecule has 2 rings (SSSR count). The number of methoxy groups -OCH3 is 2. The average Bonchev–Trinajstić information content (AvgIpc) is 2.86. The largest absolute Gasteiger partial charge is 0.497 e. The Morgan fingerprint density at radius 1 is 1.18 bits per heavy atom. The summed E-state index contributed by atoms with van der Waals surface area (Å²) in [4.78, 5) is 0. The fourth-order valence-electron chi connectivity index (χ4n) is 1.61. The Labute approximate surface area is 99.8 Å². The number of nitrogens with one attached hydrogen (secondary N) is 2. The van der Waals surface area contributed by atoms with Gasteiger partial charge in [0.1, 0.15) is 17.3 Å². The smallest absolute Gasteiger partial charge is 0.148 e. The molecule has 0 aliphatic heterocycles. The van der Waals surface area contributed by atoms with Crippen molar-refractivity contribution in [2.24, 2.45) is 0 Å². The van der Waals surface area contributed by atoms with Gasteiger partial charge in [-0.25, -0.2) is 0 Å². The number of hydrogen-bond donors (Lipinski definition) is 2. The second-order valence-electron chi connectivity index (χ2n) is 3.48. The van der Waals surface area contributed by atoms with Crippen LogP contribution >= 0.6 is 0 Å².